The van der Waals surface area contributed by atoms with Crippen molar-refractivity contribution >= 4 is 11.3 Å². The largest absolute Gasteiger partial charge is 0.375 e. The Balaban J connectivity index is 2.28. The molecule has 0 bridgehead atoms. The van der Waals surface area contributed by atoms with Gasteiger partial charge in [-0.3, -0.25) is 0 Å². The van der Waals surface area contributed by atoms with Crippen molar-refractivity contribution in [2.24, 2.45) is 0 Å². The summed E-state index contributed by atoms with van der Waals surface area (Å²) in [6, 6.07) is 2.20. The average molecular weight is 197 g/mol. The van der Waals surface area contributed by atoms with E-state index in [1.807, 2.05) is 11.3 Å². The highest BCUT2D eigenvalue weighted by Crippen LogP contribution is 2.29. The van der Waals surface area contributed by atoms with Gasteiger partial charge in [-0.1, -0.05) is 0 Å². The fourth-order valence-electron chi connectivity index (χ4n) is 1.81. The quantitative estimate of drug-likeness (QED) is 0.682. The molecule has 0 amide bonds. The van der Waals surface area contributed by atoms with Gasteiger partial charge in [0.25, 0.3) is 0 Å². The zero-order chi connectivity index (χ0) is 9.26. The first-order valence-corrected chi connectivity index (χ1v) is 5.47. The lowest BCUT2D eigenvalue weighted by Gasteiger charge is -2.18. The van der Waals surface area contributed by atoms with E-state index in [1.165, 1.54) is 16.9 Å². The molecule has 0 radical (unpaired) electrons. The Morgan fingerprint density at radius 1 is 1.62 bits per heavy atom. The van der Waals surface area contributed by atoms with Crippen LogP contribution in [0.3, 0.4) is 0 Å². The monoisotopic (exact) mass is 197 g/mol. The Morgan fingerprint density at radius 3 is 3.23 bits per heavy atom. The Labute approximate surface area is 83.1 Å². The van der Waals surface area contributed by atoms with Crippen molar-refractivity contribution in [3.63, 3.8) is 0 Å². The van der Waals surface area contributed by atoms with E-state index in [9.17, 15) is 0 Å². The predicted octanol–water partition coefficient (Wildman–Crippen LogP) is 1.92. The molecule has 0 spiro atoms. The Kier molecular flexibility index (Phi) is 2.67. The van der Waals surface area contributed by atoms with Gasteiger partial charge in [-0.25, -0.2) is 0 Å². The van der Waals surface area contributed by atoms with Crippen LogP contribution >= 0.6 is 11.3 Å². The number of hydrogen-bond donors (Lipinski definition) is 0. The molecule has 0 fully saturated rings. The topological polar surface area (TPSA) is 12.5 Å². The van der Waals surface area contributed by atoms with Gasteiger partial charge in [0.05, 0.1) is 6.10 Å². The summed E-state index contributed by atoms with van der Waals surface area (Å²) in [4.78, 5) is 3.83. The summed E-state index contributed by atoms with van der Waals surface area (Å²) >= 11 is 1.85. The van der Waals surface area contributed by atoms with Crippen molar-refractivity contribution in [3.8, 4) is 0 Å². The molecule has 3 heteroatoms. The van der Waals surface area contributed by atoms with Crippen LogP contribution in [-0.2, 0) is 11.2 Å². The standard InChI is InChI=1S/C10H15NOS/c1-11-5-3-10-8(4-6-13-10)9(7-11)12-2/h4,6,9H,3,5,7H2,1-2H3. The summed E-state index contributed by atoms with van der Waals surface area (Å²) in [5.41, 5.74) is 1.40. The molecule has 2 heterocycles. The van der Waals surface area contributed by atoms with Crippen LogP contribution in [0.25, 0.3) is 0 Å². The smallest absolute Gasteiger partial charge is 0.0958 e. The minimum Gasteiger partial charge on any atom is -0.375 e. The van der Waals surface area contributed by atoms with E-state index in [2.05, 4.69) is 23.4 Å². The zero-order valence-electron chi connectivity index (χ0n) is 8.12. The van der Waals surface area contributed by atoms with Crippen molar-refractivity contribution < 1.29 is 4.74 Å². The molecule has 2 rings (SSSR count). The number of thiophene rings is 1. The molecule has 2 nitrogen and oxygen atoms in total. The van der Waals surface area contributed by atoms with E-state index in [0.717, 1.165) is 13.1 Å². The van der Waals surface area contributed by atoms with Crippen LogP contribution in [0.4, 0.5) is 0 Å². The molecule has 1 aliphatic rings. The first-order chi connectivity index (χ1) is 6.31. The Hall–Kier alpha value is -0.380. The number of likely N-dealkylation sites (N-methyl/N-ethyl adjacent to an activating group) is 1. The molecule has 0 saturated heterocycles. The maximum atomic E-state index is 5.49. The third kappa shape index (κ3) is 1.77. The summed E-state index contributed by atoms with van der Waals surface area (Å²) in [5.74, 6) is 0. The van der Waals surface area contributed by atoms with Gasteiger partial charge < -0.3 is 9.64 Å². The van der Waals surface area contributed by atoms with Crippen LogP contribution < -0.4 is 0 Å². The highest BCUT2D eigenvalue weighted by Gasteiger charge is 2.21. The first kappa shape index (κ1) is 9.19. The van der Waals surface area contributed by atoms with Gasteiger partial charge in [-0.15, -0.1) is 11.3 Å². The first-order valence-electron chi connectivity index (χ1n) is 4.59. The van der Waals surface area contributed by atoms with E-state index >= 15 is 0 Å². The molecule has 0 N–H and O–H groups in total. The van der Waals surface area contributed by atoms with Gasteiger partial charge >= 0.3 is 0 Å². The number of fused-ring (bicyclic) bond motifs is 1. The van der Waals surface area contributed by atoms with Gasteiger partial charge in [-0.2, -0.15) is 0 Å². The number of rotatable bonds is 1. The molecule has 1 aromatic rings. The third-order valence-corrected chi connectivity index (χ3v) is 3.61. The van der Waals surface area contributed by atoms with Gasteiger partial charge in [0.2, 0.25) is 0 Å². The molecule has 1 aliphatic heterocycles. The maximum absolute atomic E-state index is 5.49. The number of methoxy groups -OCH3 is 1. The molecular formula is C10H15NOS. The molecule has 1 unspecified atom stereocenters. The van der Waals surface area contributed by atoms with Gasteiger partial charge in [0.15, 0.2) is 0 Å². The van der Waals surface area contributed by atoms with E-state index in [4.69, 9.17) is 4.74 Å². The summed E-state index contributed by atoms with van der Waals surface area (Å²) in [6.07, 6.45) is 1.44. The molecule has 1 atom stereocenters. The van der Waals surface area contributed by atoms with E-state index < -0.39 is 0 Å². The average Bonchev–Trinajstić information content (AvgIpc) is 2.53. The lowest BCUT2D eigenvalue weighted by Crippen LogP contribution is -2.24. The minimum atomic E-state index is 0.272. The highest BCUT2D eigenvalue weighted by molar-refractivity contribution is 7.10. The van der Waals surface area contributed by atoms with Crippen LogP contribution in [0.5, 0.6) is 0 Å². The lowest BCUT2D eigenvalue weighted by atomic mass is 10.1. The van der Waals surface area contributed by atoms with Crippen molar-refractivity contribution in [2.45, 2.75) is 12.5 Å². The molecular weight excluding hydrogens is 182 g/mol. The molecule has 1 aromatic heterocycles. The SMILES string of the molecule is COC1CN(C)CCc2sccc21. The Bertz CT molecular complexity index is 284. The zero-order valence-corrected chi connectivity index (χ0v) is 8.93. The van der Waals surface area contributed by atoms with E-state index in [-0.39, 0.29) is 6.10 Å². The van der Waals surface area contributed by atoms with E-state index in [0.29, 0.717) is 0 Å². The summed E-state index contributed by atoms with van der Waals surface area (Å²) < 4.78 is 5.49. The normalized spacial score (nSPS) is 24.0. The second-order valence-electron chi connectivity index (χ2n) is 3.54. The van der Waals surface area contributed by atoms with Crippen LogP contribution in [0.2, 0.25) is 0 Å². The summed E-state index contributed by atoms with van der Waals surface area (Å²) in [6.45, 7) is 2.16. The number of nitrogens with zero attached hydrogens (tertiary/aromatic N) is 1. The van der Waals surface area contributed by atoms with Crippen LogP contribution in [0, 0.1) is 0 Å². The van der Waals surface area contributed by atoms with Crippen molar-refractivity contribution in [1.29, 1.82) is 0 Å². The minimum absolute atomic E-state index is 0.272. The number of hydrogen-bond acceptors (Lipinski definition) is 3. The van der Waals surface area contributed by atoms with Gasteiger partial charge in [-0.05, 0) is 30.5 Å². The molecule has 0 aromatic carbocycles. The van der Waals surface area contributed by atoms with Gasteiger partial charge in [0.1, 0.15) is 0 Å². The predicted molar refractivity (Wildman–Crippen MR) is 55.3 cm³/mol. The molecule has 13 heavy (non-hydrogen) atoms. The van der Waals surface area contributed by atoms with Gasteiger partial charge in [0, 0.05) is 25.1 Å². The lowest BCUT2D eigenvalue weighted by molar-refractivity contribution is 0.0763. The van der Waals surface area contributed by atoms with Crippen molar-refractivity contribution in [3.05, 3.63) is 21.9 Å². The molecule has 72 valence electrons. The number of ether oxygens (including phenoxy) is 1. The van der Waals surface area contributed by atoms with E-state index in [1.54, 1.807) is 7.11 Å². The molecule has 0 saturated carbocycles. The van der Waals surface area contributed by atoms with Crippen molar-refractivity contribution in [1.82, 2.24) is 4.90 Å². The summed E-state index contributed by atoms with van der Waals surface area (Å²) in [7, 11) is 3.95. The fourth-order valence-corrected chi connectivity index (χ4v) is 2.73. The maximum Gasteiger partial charge on any atom is 0.0958 e. The fraction of sp³-hybridized carbons (Fsp3) is 0.600. The second kappa shape index (κ2) is 3.78. The third-order valence-electron chi connectivity index (χ3n) is 2.61. The summed E-state index contributed by atoms with van der Waals surface area (Å²) in [5, 5.41) is 2.17. The van der Waals surface area contributed by atoms with Crippen molar-refractivity contribution in [2.75, 3.05) is 27.2 Å². The van der Waals surface area contributed by atoms with Crippen LogP contribution in [0.15, 0.2) is 11.4 Å². The second-order valence-corrected chi connectivity index (χ2v) is 4.54. The Morgan fingerprint density at radius 2 is 2.46 bits per heavy atom. The van der Waals surface area contributed by atoms with Crippen LogP contribution in [-0.4, -0.2) is 32.1 Å². The highest BCUT2D eigenvalue weighted by atomic mass is 32.1. The molecule has 0 aliphatic carbocycles. The van der Waals surface area contributed by atoms with Crippen LogP contribution in [0.1, 0.15) is 16.5 Å².